The van der Waals surface area contributed by atoms with Gasteiger partial charge in [0, 0.05) is 6.42 Å². The molecule has 2 rings (SSSR count). The minimum absolute atomic E-state index is 0.249. The van der Waals surface area contributed by atoms with Gasteiger partial charge in [-0.1, -0.05) is 42.4 Å². The van der Waals surface area contributed by atoms with Crippen LogP contribution < -0.4 is 0 Å². The van der Waals surface area contributed by atoms with Crippen LogP contribution in [0.2, 0.25) is 0 Å². The average molecular weight is 257 g/mol. The zero-order chi connectivity index (χ0) is 13.5. The molecule has 100 valence electrons. The first kappa shape index (κ1) is 13.5. The smallest absolute Gasteiger partial charge is 0.318 e. The van der Waals surface area contributed by atoms with E-state index in [4.69, 9.17) is 4.84 Å². The first-order valence-corrected chi connectivity index (χ1v) is 6.82. The van der Waals surface area contributed by atoms with E-state index in [0.717, 1.165) is 37.0 Å². The third-order valence-electron chi connectivity index (χ3n) is 3.08. The molecular formula is C16H19NO2. The molecule has 0 atom stereocenters. The van der Waals surface area contributed by atoms with Crippen LogP contribution >= 0.6 is 0 Å². The van der Waals surface area contributed by atoms with Crippen molar-refractivity contribution in [3.63, 3.8) is 0 Å². The molecule has 0 unspecified atom stereocenters. The molecule has 0 aromatic heterocycles. The highest BCUT2D eigenvalue weighted by Gasteiger charge is 2.16. The molecule has 1 aliphatic rings. The number of rotatable bonds is 4. The third kappa shape index (κ3) is 4.05. The van der Waals surface area contributed by atoms with Crippen molar-refractivity contribution in [2.24, 2.45) is 5.16 Å². The molecule has 3 heteroatoms. The molecule has 0 heterocycles. The first-order valence-electron chi connectivity index (χ1n) is 6.82. The second-order valence-electron chi connectivity index (χ2n) is 4.69. The Balaban J connectivity index is 2.06. The van der Waals surface area contributed by atoms with Gasteiger partial charge < -0.3 is 4.84 Å². The molecule has 0 spiro atoms. The van der Waals surface area contributed by atoms with Gasteiger partial charge in [0.2, 0.25) is 0 Å². The van der Waals surface area contributed by atoms with Crippen molar-refractivity contribution in [2.75, 3.05) is 0 Å². The number of hydrogen-bond donors (Lipinski definition) is 0. The normalized spacial score (nSPS) is 19.0. The van der Waals surface area contributed by atoms with Crippen LogP contribution in [-0.4, -0.2) is 11.7 Å². The molecule has 1 saturated carbocycles. The third-order valence-corrected chi connectivity index (χ3v) is 3.08. The molecule has 1 aromatic rings. The van der Waals surface area contributed by atoms with Crippen LogP contribution in [0.5, 0.6) is 0 Å². The Hall–Kier alpha value is -1.90. The van der Waals surface area contributed by atoms with Crippen LogP contribution in [0.25, 0.3) is 6.08 Å². The van der Waals surface area contributed by atoms with E-state index in [9.17, 15) is 4.79 Å². The van der Waals surface area contributed by atoms with Crippen molar-refractivity contribution in [1.82, 2.24) is 0 Å². The van der Waals surface area contributed by atoms with Crippen molar-refractivity contribution in [3.8, 4) is 0 Å². The molecular weight excluding hydrogens is 238 g/mol. The topological polar surface area (TPSA) is 38.7 Å². The van der Waals surface area contributed by atoms with Gasteiger partial charge in [0.15, 0.2) is 0 Å². The maximum atomic E-state index is 11.3. The first-order chi connectivity index (χ1) is 9.29. The Morgan fingerprint density at radius 2 is 2.11 bits per heavy atom. The van der Waals surface area contributed by atoms with Gasteiger partial charge in [-0.2, -0.15) is 0 Å². The Labute approximate surface area is 114 Å². The predicted molar refractivity (Wildman–Crippen MR) is 76.7 cm³/mol. The standard InChI is InChI=1S/C16H19NO2/c1-2-7-16(18)19-17-15-11-6-10-14(15)12-13-8-4-3-5-9-13/h3-5,8-9,12H,2,6-7,10-11H2,1H3. The zero-order valence-electron chi connectivity index (χ0n) is 11.3. The number of benzene rings is 1. The number of carbonyl (C=O) groups is 1. The van der Waals surface area contributed by atoms with Crippen LogP contribution in [0.15, 0.2) is 41.1 Å². The fourth-order valence-corrected chi connectivity index (χ4v) is 2.12. The van der Waals surface area contributed by atoms with E-state index in [1.54, 1.807) is 0 Å². The van der Waals surface area contributed by atoms with Crippen molar-refractivity contribution < 1.29 is 9.63 Å². The van der Waals surface area contributed by atoms with Gasteiger partial charge in [-0.25, -0.2) is 4.79 Å². The summed E-state index contributed by atoms with van der Waals surface area (Å²) in [5, 5.41) is 4.02. The lowest BCUT2D eigenvalue weighted by molar-refractivity contribution is -0.143. The summed E-state index contributed by atoms with van der Waals surface area (Å²) in [6.07, 6.45) is 6.30. The molecule has 0 bridgehead atoms. The summed E-state index contributed by atoms with van der Waals surface area (Å²) in [4.78, 5) is 16.3. The Kier molecular flexibility index (Phi) is 4.90. The van der Waals surface area contributed by atoms with Crippen LogP contribution in [0, 0.1) is 0 Å². The van der Waals surface area contributed by atoms with E-state index < -0.39 is 0 Å². The molecule has 19 heavy (non-hydrogen) atoms. The van der Waals surface area contributed by atoms with Gasteiger partial charge in [0.1, 0.15) is 0 Å². The maximum absolute atomic E-state index is 11.3. The minimum atomic E-state index is -0.249. The molecule has 1 fully saturated rings. The number of carbonyl (C=O) groups excluding carboxylic acids is 1. The van der Waals surface area contributed by atoms with E-state index in [-0.39, 0.29) is 5.97 Å². The highest BCUT2D eigenvalue weighted by Crippen LogP contribution is 2.24. The summed E-state index contributed by atoms with van der Waals surface area (Å²) in [5.74, 6) is -0.249. The monoisotopic (exact) mass is 257 g/mol. The van der Waals surface area contributed by atoms with Crippen molar-refractivity contribution in [1.29, 1.82) is 0 Å². The van der Waals surface area contributed by atoms with Gasteiger partial charge in [-0.3, -0.25) is 0 Å². The SMILES string of the molecule is CCCC(=O)ON=C1CCCC1=Cc1ccccc1. The summed E-state index contributed by atoms with van der Waals surface area (Å²) >= 11 is 0. The summed E-state index contributed by atoms with van der Waals surface area (Å²) in [6.45, 7) is 1.95. The van der Waals surface area contributed by atoms with Crippen LogP contribution in [-0.2, 0) is 9.63 Å². The van der Waals surface area contributed by atoms with Crippen LogP contribution in [0.3, 0.4) is 0 Å². The quantitative estimate of drug-likeness (QED) is 0.605. The average Bonchev–Trinajstić information content (AvgIpc) is 2.85. The number of hydrogen-bond acceptors (Lipinski definition) is 3. The molecule has 0 aliphatic heterocycles. The number of oxime groups is 1. The Bertz CT molecular complexity index is 489. The largest absolute Gasteiger partial charge is 0.335 e. The second kappa shape index (κ2) is 6.88. The minimum Gasteiger partial charge on any atom is -0.318 e. The van der Waals surface area contributed by atoms with E-state index >= 15 is 0 Å². The van der Waals surface area contributed by atoms with Gasteiger partial charge in [-0.05, 0) is 42.9 Å². The maximum Gasteiger partial charge on any atom is 0.335 e. The lowest BCUT2D eigenvalue weighted by Crippen LogP contribution is -2.02. The lowest BCUT2D eigenvalue weighted by atomic mass is 10.1. The fraction of sp³-hybridized carbons (Fsp3) is 0.375. The number of allylic oxidation sites excluding steroid dienone is 1. The Morgan fingerprint density at radius 1 is 1.32 bits per heavy atom. The summed E-state index contributed by atoms with van der Waals surface area (Å²) in [5.41, 5.74) is 3.25. The molecule has 1 aromatic carbocycles. The van der Waals surface area contributed by atoms with Gasteiger partial charge in [-0.15, -0.1) is 0 Å². The Morgan fingerprint density at radius 3 is 2.84 bits per heavy atom. The van der Waals surface area contributed by atoms with E-state index in [1.165, 1.54) is 5.57 Å². The van der Waals surface area contributed by atoms with Crippen molar-refractivity contribution in [3.05, 3.63) is 41.5 Å². The van der Waals surface area contributed by atoms with Gasteiger partial charge in [0.25, 0.3) is 0 Å². The van der Waals surface area contributed by atoms with E-state index in [0.29, 0.717) is 6.42 Å². The fourth-order valence-electron chi connectivity index (χ4n) is 2.12. The molecule has 0 N–H and O–H groups in total. The molecule has 0 amide bonds. The summed E-state index contributed by atoms with van der Waals surface area (Å²) < 4.78 is 0. The predicted octanol–water partition coefficient (Wildman–Crippen LogP) is 3.95. The van der Waals surface area contributed by atoms with Gasteiger partial charge in [0.05, 0.1) is 5.71 Å². The number of nitrogens with zero attached hydrogens (tertiary/aromatic N) is 1. The van der Waals surface area contributed by atoms with E-state index in [1.807, 2.05) is 25.1 Å². The molecule has 0 radical (unpaired) electrons. The lowest BCUT2D eigenvalue weighted by Gasteiger charge is -2.01. The van der Waals surface area contributed by atoms with Gasteiger partial charge >= 0.3 is 5.97 Å². The van der Waals surface area contributed by atoms with Crippen LogP contribution in [0.1, 0.15) is 44.6 Å². The molecule has 3 nitrogen and oxygen atoms in total. The highest BCUT2D eigenvalue weighted by atomic mass is 16.7. The molecule has 0 saturated heterocycles. The van der Waals surface area contributed by atoms with E-state index in [2.05, 4.69) is 23.4 Å². The van der Waals surface area contributed by atoms with Crippen LogP contribution in [0.4, 0.5) is 0 Å². The zero-order valence-corrected chi connectivity index (χ0v) is 11.3. The highest BCUT2D eigenvalue weighted by molar-refractivity contribution is 6.05. The summed E-state index contributed by atoms with van der Waals surface area (Å²) in [7, 11) is 0. The van der Waals surface area contributed by atoms with Crippen molar-refractivity contribution in [2.45, 2.75) is 39.0 Å². The van der Waals surface area contributed by atoms with Crippen molar-refractivity contribution >= 4 is 17.8 Å². The summed E-state index contributed by atoms with van der Waals surface area (Å²) in [6, 6.07) is 10.1. The second-order valence-corrected chi connectivity index (χ2v) is 4.69. The molecule has 1 aliphatic carbocycles.